The van der Waals surface area contributed by atoms with Crippen LogP contribution in [0.5, 0.6) is 0 Å². The normalized spacial score (nSPS) is 26.0. The van der Waals surface area contributed by atoms with Crippen molar-refractivity contribution in [2.45, 2.75) is 57.1 Å². The number of carbonyl (C=O) groups excluding carboxylic acids is 1. The minimum Gasteiger partial charge on any atom is -0.376 e. The third kappa shape index (κ3) is 4.64. The molecule has 0 radical (unpaired) electrons. The van der Waals surface area contributed by atoms with Crippen LogP contribution in [0.4, 0.5) is 0 Å². The van der Waals surface area contributed by atoms with E-state index in [0.29, 0.717) is 19.1 Å². The first-order valence-corrected chi connectivity index (χ1v) is 6.96. The molecule has 4 nitrogen and oxygen atoms in total. The van der Waals surface area contributed by atoms with Gasteiger partial charge in [-0.2, -0.15) is 0 Å². The second kappa shape index (κ2) is 6.97. The second-order valence-corrected chi connectivity index (χ2v) is 5.15. The fourth-order valence-corrected chi connectivity index (χ4v) is 2.64. The summed E-state index contributed by atoms with van der Waals surface area (Å²) in [4.78, 5) is 11.6. The van der Waals surface area contributed by atoms with Gasteiger partial charge in [-0.15, -0.1) is 0 Å². The van der Waals surface area contributed by atoms with Crippen LogP contribution in [0.25, 0.3) is 0 Å². The number of ether oxygens (including phenoxy) is 1. The van der Waals surface area contributed by atoms with Crippen LogP contribution in [-0.4, -0.2) is 37.7 Å². The summed E-state index contributed by atoms with van der Waals surface area (Å²) in [7, 11) is 0. The Labute approximate surface area is 103 Å². The van der Waals surface area contributed by atoms with E-state index < -0.39 is 0 Å². The van der Waals surface area contributed by atoms with Crippen molar-refractivity contribution in [2.75, 3.05) is 19.7 Å². The highest BCUT2D eigenvalue weighted by molar-refractivity contribution is 5.78. The predicted molar refractivity (Wildman–Crippen MR) is 66.9 cm³/mol. The highest BCUT2D eigenvalue weighted by Gasteiger charge is 2.17. The highest BCUT2D eigenvalue weighted by Crippen LogP contribution is 2.17. The molecular formula is C13H24N2O2. The quantitative estimate of drug-likeness (QED) is 0.759. The van der Waals surface area contributed by atoms with Crippen LogP contribution < -0.4 is 10.6 Å². The summed E-state index contributed by atoms with van der Waals surface area (Å²) in [5, 5.41) is 6.28. The topological polar surface area (TPSA) is 50.4 Å². The summed E-state index contributed by atoms with van der Waals surface area (Å²) in [6.07, 6.45) is 8.84. The Morgan fingerprint density at radius 3 is 2.65 bits per heavy atom. The van der Waals surface area contributed by atoms with E-state index in [0.717, 1.165) is 19.4 Å². The average Bonchev–Trinajstić information content (AvgIpc) is 2.88. The van der Waals surface area contributed by atoms with Crippen molar-refractivity contribution in [3.8, 4) is 0 Å². The van der Waals surface area contributed by atoms with Gasteiger partial charge in [0.1, 0.15) is 0 Å². The lowest BCUT2D eigenvalue weighted by molar-refractivity contribution is -0.120. The molecule has 1 heterocycles. The maximum absolute atomic E-state index is 11.6. The lowest BCUT2D eigenvalue weighted by Gasteiger charge is -2.22. The summed E-state index contributed by atoms with van der Waals surface area (Å²) in [6.45, 7) is 1.98. The molecule has 1 saturated heterocycles. The fourth-order valence-electron chi connectivity index (χ4n) is 2.64. The molecule has 2 fully saturated rings. The van der Waals surface area contributed by atoms with Gasteiger partial charge in [0.25, 0.3) is 0 Å². The molecule has 0 aromatic heterocycles. The molecule has 2 aliphatic rings. The molecule has 1 aliphatic carbocycles. The molecule has 1 atom stereocenters. The van der Waals surface area contributed by atoms with Crippen molar-refractivity contribution in [1.29, 1.82) is 0 Å². The van der Waals surface area contributed by atoms with Crippen molar-refractivity contribution >= 4 is 5.91 Å². The zero-order chi connectivity index (χ0) is 11.9. The van der Waals surface area contributed by atoms with Gasteiger partial charge < -0.3 is 15.4 Å². The summed E-state index contributed by atoms with van der Waals surface area (Å²) < 4.78 is 5.46. The Bertz CT molecular complexity index is 234. The lowest BCUT2D eigenvalue weighted by atomic mass is 9.95. The van der Waals surface area contributed by atoms with Gasteiger partial charge in [-0.1, -0.05) is 19.3 Å². The molecule has 1 amide bonds. The van der Waals surface area contributed by atoms with E-state index in [-0.39, 0.29) is 12.0 Å². The zero-order valence-corrected chi connectivity index (χ0v) is 10.5. The number of amides is 1. The SMILES string of the molecule is O=C(CNC1CCCCC1)NC[C@H]1CCCO1. The summed E-state index contributed by atoms with van der Waals surface area (Å²) in [5.74, 6) is 0.103. The first-order chi connectivity index (χ1) is 8.34. The maximum Gasteiger partial charge on any atom is 0.234 e. The zero-order valence-electron chi connectivity index (χ0n) is 10.5. The van der Waals surface area contributed by atoms with E-state index in [1.54, 1.807) is 0 Å². The third-order valence-corrected chi connectivity index (χ3v) is 3.71. The second-order valence-electron chi connectivity index (χ2n) is 5.15. The molecule has 17 heavy (non-hydrogen) atoms. The Morgan fingerprint density at radius 2 is 1.94 bits per heavy atom. The van der Waals surface area contributed by atoms with Crippen LogP contribution in [0.15, 0.2) is 0 Å². The smallest absolute Gasteiger partial charge is 0.234 e. The van der Waals surface area contributed by atoms with E-state index in [2.05, 4.69) is 10.6 Å². The van der Waals surface area contributed by atoms with Gasteiger partial charge in [0.05, 0.1) is 12.6 Å². The van der Waals surface area contributed by atoms with E-state index in [9.17, 15) is 4.79 Å². The average molecular weight is 240 g/mol. The van der Waals surface area contributed by atoms with Gasteiger partial charge in [-0.05, 0) is 25.7 Å². The number of hydrogen-bond acceptors (Lipinski definition) is 3. The molecule has 4 heteroatoms. The number of nitrogens with one attached hydrogen (secondary N) is 2. The van der Waals surface area contributed by atoms with Gasteiger partial charge in [0.2, 0.25) is 5.91 Å². The Morgan fingerprint density at radius 1 is 1.12 bits per heavy atom. The van der Waals surface area contributed by atoms with Gasteiger partial charge >= 0.3 is 0 Å². The van der Waals surface area contributed by atoms with Crippen molar-refractivity contribution in [3.05, 3.63) is 0 Å². The number of carbonyl (C=O) groups is 1. The maximum atomic E-state index is 11.6. The van der Waals surface area contributed by atoms with Gasteiger partial charge in [0, 0.05) is 19.2 Å². The van der Waals surface area contributed by atoms with Crippen LogP contribution >= 0.6 is 0 Å². The molecule has 2 N–H and O–H groups in total. The molecule has 1 aliphatic heterocycles. The molecule has 1 saturated carbocycles. The first-order valence-electron chi connectivity index (χ1n) is 6.96. The molecule has 98 valence electrons. The van der Waals surface area contributed by atoms with Crippen molar-refractivity contribution in [3.63, 3.8) is 0 Å². The Kier molecular flexibility index (Phi) is 5.26. The van der Waals surface area contributed by atoms with Gasteiger partial charge in [-0.3, -0.25) is 4.79 Å². The van der Waals surface area contributed by atoms with E-state index >= 15 is 0 Å². The van der Waals surface area contributed by atoms with Gasteiger partial charge in [0.15, 0.2) is 0 Å². The molecule has 0 bridgehead atoms. The van der Waals surface area contributed by atoms with Crippen LogP contribution in [0.2, 0.25) is 0 Å². The molecule has 2 rings (SSSR count). The standard InChI is InChI=1S/C13H24N2O2/c16-13(15-9-12-7-4-8-17-12)10-14-11-5-2-1-3-6-11/h11-12,14H,1-10H2,(H,15,16)/t12-/m1/s1. The van der Waals surface area contributed by atoms with E-state index in [1.807, 2.05) is 0 Å². The molecule has 0 aromatic rings. The van der Waals surface area contributed by atoms with Crippen LogP contribution in [0, 0.1) is 0 Å². The van der Waals surface area contributed by atoms with Crippen LogP contribution in [-0.2, 0) is 9.53 Å². The minimum absolute atomic E-state index is 0.103. The summed E-state index contributed by atoms with van der Waals surface area (Å²) in [6, 6.07) is 0.553. The summed E-state index contributed by atoms with van der Waals surface area (Å²) >= 11 is 0. The first kappa shape index (κ1) is 12.8. The predicted octanol–water partition coefficient (Wildman–Crippen LogP) is 1.20. The van der Waals surface area contributed by atoms with Gasteiger partial charge in [-0.25, -0.2) is 0 Å². The largest absolute Gasteiger partial charge is 0.376 e. The Balaban J connectivity index is 1.53. The summed E-state index contributed by atoms with van der Waals surface area (Å²) in [5.41, 5.74) is 0. The highest BCUT2D eigenvalue weighted by atomic mass is 16.5. The van der Waals surface area contributed by atoms with Crippen LogP contribution in [0.3, 0.4) is 0 Å². The molecule has 0 unspecified atom stereocenters. The van der Waals surface area contributed by atoms with Crippen LogP contribution in [0.1, 0.15) is 44.9 Å². The number of hydrogen-bond donors (Lipinski definition) is 2. The molecule has 0 aromatic carbocycles. The minimum atomic E-state index is 0.103. The fraction of sp³-hybridized carbons (Fsp3) is 0.923. The monoisotopic (exact) mass is 240 g/mol. The van der Waals surface area contributed by atoms with Crippen molar-refractivity contribution in [1.82, 2.24) is 10.6 Å². The van der Waals surface area contributed by atoms with Crippen molar-refractivity contribution in [2.24, 2.45) is 0 Å². The van der Waals surface area contributed by atoms with E-state index in [1.165, 1.54) is 32.1 Å². The molecule has 0 spiro atoms. The molecular weight excluding hydrogens is 216 g/mol. The number of rotatable bonds is 5. The van der Waals surface area contributed by atoms with Crippen molar-refractivity contribution < 1.29 is 9.53 Å². The Hall–Kier alpha value is -0.610. The van der Waals surface area contributed by atoms with E-state index in [4.69, 9.17) is 4.74 Å². The lowest BCUT2D eigenvalue weighted by Crippen LogP contribution is -2.42. The third-order valence-electron chi connectivity index (χ3n) is 3.71.